The molecule has 0 fully saturated rings. The minimum Gasteiger partial charge on any atom is -0.481 e. The maximum atomic E-state index is 10.5. The number of nitrogens with one attached hydrogen (secondary N) is 1. The first-order chi connectivity index (χ1) is 8.15. The summed E-state index contributed by atoms with van der Waals surface area (Å²) in [5.41, 5.74) is 2.50. The maximum Gasteiger partial charge on any atom is 0.309 e. The van der Waals surface area contributed by atoms with E-state index >= 15 is 0 Å². The Morgan fingerprint density at radius 3 is 3.12 bits per heavy atom. The van der Waals surface area contributed by atoms with Crippen LogP contribution in [0.4, 0.5) is 10.8 Å². The summed E-state index contributed by atoms with van der Waals surface area (Å²) in [5.74, 6) is -0.876. The number of pyridine rings is 1. The van der Waals surface area contributed by atoms with Crippen LogP contribution in [0.15, 0.2) is 23.8 Å². The standard InChI is InChI=1S/C11H11N3O2S/c1-7-2-3-12-5-9(7)14-11-13-8(6-17-11)4-10(15)16/h2-3,5-6H,4H2,1H3,(H,13,14)(H,15,16). The zero-order chi connectivity index (χ0) is 12.3. The van der Waals surface area contributed by atoms with E-state index in [1.807, 2.05) is 13.0 Å². The van der Waals surface area contributed by atoms with Gasteiger partial charge in [0.25, 0.3) is 0 Å². The highest BCUT2D eigenvalue weighted by atomic mass is 32.1. The Bertz CT molecular complexity index is 539. The first kappa shape index (κ1) is 11.5. The summed E-state index contributed by atoms with van der Waals surface area (Å²) >= 11 is 1.38. The first-order valence-corrected chi connectivity index (χ1v) is 5.87. The highest BCUT2D eigenvalue weighted by Crippen LogP contribution is 2.22. The molecule has 0 aliphatic carbocycles. The molecule has 2 N–H and O–H groups in total. The van der Waals surface area contributed by atoms with Crippen LogP contribution in [-0.4, -0.2) is 21.0 Å². The van der Waals surface area contributed by atoms with Crippen molar-refractivity contribution in [3.8, 4) is 0 Å². The lowest BCUT2D eigenvalue weighted by molar-refractivity contribution is -0.136. The SMILES string of the molecule is Cc1ccncc1Nc1nc(CC(=O)O)cs1. The van der Waals surface area contributed by atoms with Crippen molar-refractivity contribution in [3.63, 3.8) is 0 Å². The van der Waals surface area contributed by atoms with E-state index in [2.05, 4.69) is 15.3 Å². The fraction of sp³-hybridized carbons (Fsp3) is 0.182. The number of nitrogens with zero attached hydrogens (tertiary/aromatic N) is 2. The molecule has 0 spiro atoms. The van der Waals surface area contributed by atoms with Gasteiger partial charge in [-0.3, -0.25) is 9.78 Å². The number of carboxylic acids is 1. The van der Waals surface area contributed by atoms with Crippen molar-refractivity contribution in [1.82, 2.24) is 9.97 Å². The molecule has 0 aliphatic heterocycles. The van der Waals surface area contributed by atoms with Crippen LogP contribution in [0, 0.1) is 6.92 Å². The van der Waals surface area contributed by atoms with Crippen LogP contribution < -0.4 is 5.32 Å². The van der Waals surface area contributed by atoms with E-state index in [0.717, 1.165) is 11.3 Å². The monoisotopic (exact) mass is 249 g/mol. The van der Waals surface area contributed by atoms with Crippen LogP contribution in [0.25, 0.3) is 0 Å². The third kappa shape index (κ3) is 3.01. The summed E-state index contributed by atoms with van der Waals surface area (Å²) < 4.78 is 0. The molecule has 2 heterocycles. The van der Waals surface area contributed by atoms with E-state index < -0.39 is 5.97 Å². The smallest absolute Gasteiger partial charge is 0.309 e. The van der Waals surface area contributed by atoms with Crippen LogP contribution >= 0.6 is 11.3 Å². The Morgan fingerprint density at radius 2 is 2.41 bits per heavy atom. The van der Waals surface area contributed by atoms with Gasteiger partial charge in [0.2, 0.25) is 0 Å². The molecule has 0 bridgehead atoms. The highest BCUT2D eigenvalue weighted by Gasteiger charge is 2.07. The number of aliphatic carboxylic acids is 1. The highest BCUT2D eigenvalue weighted by molar-refractivity contribution is 7.13. The van der Waals surface area contributed by atoms with Crippen molar-refractivity contribution in [2.75, 3.05) is 5.32 Å². The molecule has 0 atom stereocenters. The van der Waals surface area contributed by atoms with Gasteiger partial charge in [-0.25, -0.2) is 4.98 Å². The van der Waals surface area contributed by atoms with E-state index in [1.54, 1.807) is 17.8 Å². The fourth-order valence-corrected chi connectivity index (χ4v) is 2.03. The van der Waals surface area contributed by atoms with Crippen molar-refractivity contribution in [3.05, 3.63) is 35.1 Å². The number of thiazole rings is 1. The molecular formula is C11H11N3O2S. The Labute approximate surface area is 102 Å². The average molecular weight is 249 g/mol. The summed E-state index contributed by atoms with van der Waals surface area (Å²) in [6.45, 7) is 1.97. The number of aromatic nitrogens is 2. The molecule has 17 heavy (non-hydrogen) atoms. The van der Waals surface area contributed by atoms with E-state index in [9.17, 15) is 4.79 Å². The van der Waals surface area contributed by atoms with E-state index in [-0.39, 0.29) is 6.42 Å². The predicted molar refractivity (Wildman–Crippen MR) is 65.7 cm³/mol. The van der Waals surface area contributed by atoms with E-state index in [4.69, 9.17) is 5.11 Å². The zero-order valence-electron chi connectivity index (χ0n) is 9.17. The van der Waals surface area contributed by atoms with Gasteiger partial charge >= 0.3 is 5.97 Å². The van der Waals surface area contributed by atoms with Gasteiger partial charge in [-0.15, -0.1) is 11.3 Å². The van der Waals surface area contributed by atoms with Gasteiger partial charge in [0, 0.05) is 11.6 Å². The van der Waals surface area contributed by atoms with Crippen molar-refractivity contribution < 1.29 is 9.90 Å². The lowest BCUT2D eigenvalue weighted by Crippen LogP contribution is -2.00. The molecule has 2 rings (SSSR count). The Kier molecular flexibility index (Phi) is 3.34. The van der Waals surface area contributed by atoms with Gasteiger partial charge in [-0.1, -0.05) is 0 Å². The minimum atomic E-state index is -0.876. The van der Waals surface area contributed by atoms with Crippen LogP contribution in [0.3, 0.4) is 0 Å². The topological polar surface area (TPSA) is 75.1 Å². The summed E-state index contributed by atoms with van der Waals surface area (Å²) in [4.78, 5) is 18.7. The Morgan fingerprint density at radius 1 is 1.59 bits per heavy atom. The van der Waals surface area contributed by atoms with Crippen LogP contribution in [-0.2, 0) is 11.2 Å². The summed E-state index contributed by atoms with van der Waals surface area (Å²) in [5, 5.41) is 14.2. The molecule has 88 valence electrons. The normalized spacial score (nSPS) is 10.2. The number of hydrogen-bond donors (Lipinski definition) is 2. The summed E-state index contributed by atoms with van der Waals surface area (Å²) in [7, 11) is 0. The van der Waals surface area contributed by atoms with Crippen LogP contribution in [0.2, 0.25) is 0 Å². The zero-order valence-corrected chi connectivity index (χ0v) is 9.99. The quantitative estimate of drug-likeness (QED) is 0.869. The fourth-order valence-electron chi connectivity index (χ4n) is 1.31. The Hall–Kier alpha value is -1.95. The number of carbonyl (C=O) groups is 1. The molecule has 5 nitrogen and oxygen atoms in total. The number of rotatable bonds is 4. The lowest BCUT2D eigenvalue weighted by atomic mass is 10.2. The third-order valence-corrected chi connectivity index (χ3v) is 2.97. The predicted octanol–water partition coefficient (Wildman–Crippen LogP) is 2.22. The second-order valence-electron chi connectivity index (χ2n) is 3.53. The van der Waals surface area contributed by atoms with Gasteiger partial charge < -0.3 is 10.4 Å². The van der Waals surface area contributed by atoms with Crippen molar-refractivity contribution in [2.24, 2.45) is 0 Å². The van der Waals surface area contributed by atoms with E-state index in [1.165, 1.54) is 11.3 Å². The van der Waals surface area contributed by atoms with Gasteiger partial charge in [0.15, 0.2) is 5.13 Å². The average Bonchev–Trinajstić information content (AvgIpc) is 2.68. The van der Waals surface area contributed by atoms with E-state index in [0.29, 0.717) is 10.8 Å². The molecule has 0 aliphatic rings. The van der Waals surface area contributed by atoms with Gasteiger partial charge in [0.05, 0.1) is 24.0 Å². The summed E-state index contributed by atoms with van der Waals surface area (Å²) in [6.07, 6.45) is 3.38. The van der Waals surface area contributed by atoms with Gasteiger partial charge in [-0.05, 0) is 18.6 Å². The molecule has 0 unspecified atom stereocenters. The van der Waals surface area contributed by atoms with Crippen molar-refractivity contribution in [1.29, 1.82) is 0 Å². The van der Waals surface area contributed by atoms with Gasteiger partial charge in [-0.2, -0.15) is 0 Å². The molecule has 0 radical (unpaired) electrons. The maximum absolute atomic E-state index is 10.5. The van der Waals surface area contributed by atoms with Crippen molar-refractivity contribution >= 4 is 28.1 Å². The minimum absolute atomic E-state index is 0.0514. The largest absolute Gasteiger partial charge is 0.481 e. The number of carboxylic acid groups (broad SMARTS) is 1. The molecule has 2 aromatic rings. The third-order valence-electron chi connectivity index (χ3n) is 2.16. The van der Waals surface area contributed by atoms with Crippen molar-refractivity contribution in [2.45, 2.75) is 13.3 Å². The molecule has 0 aromatic carbocycles. The van der Waals surface area contributed by atoms with Gasteiger partial charge in [0.1, 0.15) is 0 Å². The Balaban J connectivity index is 2.12. The molecular weight excluding hydrogens is 238 g/mol. The second kappa shape index (κ2) is 4.92. The molecule has 0 saturated carbocycles. The molecule has 0 amide bonds. The lowest BCUT2D eigenvalue weighted by Gasteiger charge is -2.04. The second-order valence-corrected chi connectivity index (χ2v) is 4.39. The number of hydrogen-bond acceptors (Lipinski definition) is 5. The molecule has 6 heteroatoms. The van der Waals surface area contributed by atoms with Crippen LogP contribution in [0.5, 0.6) is 0 Å². The first-order valence-electron chi connectivity index (χ1n) is 4.99. The number of anilines is 2. The molecule has 0 saturated heterocycles. The number of aryl methyl sites for hydroxylation is 1. The summed E-state index contributed by atoms with van der Waals surface area (Å²) in [6, 6.07) is 1.90. The van der Waals surface area contributed by atoms with Crippen LogP contribution in [0.1, 0.15) is 11.3 Å². The molecule has 2 aromatic heterocycles.